The Morgan fingerprint density at radius 3 is 1.07 bits per heavy atom. The molecule has 0 fully saturated rings. The van der Waals surface area contributed by atoms with E-state index in [1.807, 2.05) is 107 Å². The maximum absolute atomic E-state index is 15.9. The number of rotatable bonds is 5. The molecule has 3 aliphatic heterocycles. The highest BCUT2D eigenvalue weighted by molar-refractivity contribution is 7.99. The number of carboxylic acids is 3. The summed E-state index contributed by atoms with van der Waals surface area (Å²) in [6.07, 6.45) is 3.42. The van der Waals surface area contributed by atoms with Crippen molar-refractivity contribution in [1.29, 1.82) is 0 Å². The molecular weight excluding hydrogens is 1910 g/mol. The molecule has 21 rings (SSSR count). The normalized spacial score (nSPS) is 14.3. The Kier molecular flexibility index (Phi) is 28.4. The van der Waals surface area contributed by atoms with Crippen LogP contribution in [0.5, 0.6) is 17.2 Å². The number of benzene rings is 9. The van der Waals surface area contributed by atoms with Gasteiger partial charge < -0.3 is 43.2 Å². The molecule has 18 aromatic rings. The molecule has 0 amide bonds. The lowest BCUT2D eigenvalue weighted by atomic mass is 9.98. The largest absolute Gasteiger partial charge is 0.493 e. The third kappa shape index (κ3) is 19.3. The predicted octanol–water partition coefficient (Wildman–Crippen LogP) is 26.1. The number of aromatic amines is 3. The first-order valence-corrected chi connectivity index (χ1v) is 53.4. The van der Waals surface area contributed by atoms with E-state index < -0.39 is 23.7 Å². The standard InChI is InChI=1S/C36H36ClN5O3S2.C36H36FN5O3S2.C34H32ClN5O3S2/c2*1-20(2)42-24-15-23(40-42)17-46-19-30-32(21(3)38-39-30)33-29(37)12-11-28-27(35(36(43)44)41(4)34(28)33)10-7-13-45-31-16-25(47-18-24)14-22-8-5-6-9-26(22)31;1-19-30-28(37-36-19)18-44-16-21-14-22(40(3)38-21)17-45-23-13-20-7-4-5-8-24(20)29(15-23)43-12-6-9-25-26-10-11-27(35)31(30)32(26)39(2)33(25)34(41)42/h2*5-6,8-9,11-12,14-16,20H,7,10,13,17-19H2,1-4H3,(H,38,39)(H,43,44);4-5,7-8,10-11,13-15H,6,9,12,16-18H2,1-3H3,(H,36,37)(H,41,42). The van der Waals surface area contributed by atoms with E-state index >= 15 is 4.39 Å². The smallest absolute Gasteiger partial charge is 0.352 e. The second kappa shape index (κ2) is 41.1. The van der Waals surface area contributed by atoms with Gasteiger partial charge in [-0.3, -0.25) is 29.3 Å². The fourth-order valence-corrected chi connectivity index (χ4v) is 25.6. The van der Waals surface area contributed by atoms with E-state index in [9.17, 15) is 29.7 Å². The van der Waals surface area contributed by atoms with E-state index in [2.05, 4.69) is 159 Å². The Balaban J connectivity index is 0.000000133. The van der Waals surface area contributed by atoms with Crippen LogP contribution in [-0.4, -0.2) is 127 Å². The number of thioether (sulfide) groups is 6. The SMILES string of the molecule is Cc1[nH]nc2c1-c1c(Cl)ccc3c(c(C(=O)O)n(C)c13)CCCOc1cc(cc3ccccc13)SCc1cc(nn1C(C)C)CSC2.Cc1[nH]nc2c1-c1c(Cl)ccc3c(c(C(=O)O)n(C)c13)CCCOc1cc(cc3ccccc13)SCc1cc(nn1C)CSC2.Cc1[nH]nc2c1-c1c(F)ccc3c(c(C(=O)O)n(C)c13)CCCOc1cc(cc3ccccc13)SCc1cc(nn1C(C)C)CSC2. The molecule has 33 heteroatoms. The zero-order chi connectivity index (χ0) is 96.9. The van der Waals surface area contributed by atoms with Crippen molar-refractivity contribution in [3.8, 4) is 50.6 Å². The highest BCUT2D eigenvalue weighted by Gasteiger charge is 2.33. The van der Waals surface area contributed by atoms with E-state index in [1.54, 1.807) is 97.4 Å². The maximum atomic E-state index is 15.9. The van der Waals surface area contributed by atoms with Crippen LogP contribution in [0.1, 0.15) is 176 Å². The Hall–Kier alpha value is -11.9. The summed E-state index contributed by atoms with van der Waals surface area (Å²) in [5.74, 6) is 5.35. The molecule has 0 spiro atoms. The number of nitrogens with zero attached hydrogens (tertiary/aromatic N) is 12. The van der Waals surface area contributed by atoms with E-state index in [-0.39, 0.29) is 29.2 Å². The first-order chi connectivity index (χ1) is 67.2. The minimum absolute atomic E-state index is 0.159. The highest BCUT2D eigenvalue weighted by Crippen LogP contribution is 2.48. The van der Waals surface area contributed by atoms with Crippen molar-refractivity contribution >= 4 is 177 Å². The number of aromatic nitrogens is 15. The molecule has 9 aromatic carbocycles. The van der Waals surface area contributed by atoms with Crippen LogP contribution in [0.15, 0.2) is 178 Å². The lowest BCUT2D eigenvalue weighted by molar-refractivity contribution is 0.0675. The van der Waals surface area contributed by atoms with Gasteiger partial charge in [-0.2, -0.15) is 30.6 Å². The molecule has 9 aromatic heterocycles. The van der Waals surface area contributed by atoms with Gasteiger partial charge in [0.05, 0.1) is 80.6 Å². The summed E-state index contributed by atoms with van der Waals surface area (Å²) in [6, 6.07) is 55.5. The van der Waals surface area contributed by atoms with Crippen molar-refractivity contribution in [2.75, 3.05) is 19.8 Å². The molecule has 0 aliphatic carbocycles. The van der Waals surface area contributed by atoms with Gasteiger partial charge in [-0.1, -0.05) is 108 Å². The average molecular weight is 2010 g/mol. The van der Waals surface area contributed by atoms with Crippen LogP contribution in [0.4, 0.5) is 4.39 Å². The molecule has 0 radical (unpaired) electrons. The van der Waals surface area contributed by atoms with Crippen molar-refractivity contribution in [3.63, 3.8) is 0 Å². The molecular formula is C106H104Cl2FN15O9S6. The fourth-order valence-electron chi connectivity index (χ4n) is 19.7. The molecule has 139 heavy (non-hydrogen) atoms. The van der Waals surface area contributed by atoms with Crippen molar-refractivity contribution in [3.05, 3.63) is 282 Å². The van der Waals surface area contributed by atoms with E-state index in [0.717, 1.165) is 216 Å². The van der Waals surface area contributed by atoms with Crippen molar-refractivity contribution in [2.45, 2.75) is 166 Å². The van der Waals surface area contributed by atoms with Gasteiger partial charge in [-0.05, 0) is 199 Å². The van der Waals surface area contributed by atoms with Crippen LogP contribution >= 0.6 is 93.8 Å². The summed E-state index contributed by atoms with van der Waals surface area (Å²) in [4.78, 5) is 41.4. The number of hydrogen-bond acceptors (Lipinski definition) is 18. The summed E-state index contributed by atoms with van der Waals surface area (Å²) < 4.78 is 46.5. The predicted molar refractivity (Wildman–Crippen MR) is 562 cm³/mol. The molecule has 0 atom stereocenters. The molecule has 6 N–H and O–H groups in total. The minimum Gasteiger partial charge on any atom is -0.493 e. The summed E-state index contributed by atoms with van der Waals surface area (Å²) in [5, 5.41) is 79.2. The highest BCUT2D eigenvalue weighted by atomic mass is 35.5. The topological polar surface area (TPSA) is 294 Å². The van der Waals surface area contributed by atoms with Crippen LogP contribution in [0.2, 0.25) is 10.0 Å². The van der Waals surface area contributed by atoms with Gasteiger partial charge >= 0.3 is 17.9 Å². The Morgan fingerprint density at radius 2 is 0.712 bits per heavy atom. The molecule has 24 bridgehead atoms. The van der Waals surface area contributed by atoms with Gasteiger partial charge in [-0.15, -0.1) is 70.6 Å². The molecule has 0 saturated carbocycles. The van der Waals surface area contributed by atoms with Crippen LogP contribution in [0, 0.1) is 26.6 Å². The van der Waals surface area contributed by atoms with Crippen LogP contribution < -0.4 is 14.2 Å². The van der Waals surface area contributed by atoms with Crippen molar-refractivity contribution < 1.29 is 48.3 Å². The second-order valence-electron chi connectivity index (χ2n) is 35.7. The number of nitrogens with one attached hydrogen (secondary N) is 3. The van der Waals surface area contributed by atoms with Gasteiger partial charge in [0.2, 0.25) is 0 Å². The lowest BCUT2D eigenvalue weighted by Gasteiger charge is -2.13. The van der Waals surface area contributed by atoms with Gasteiger partial charge in [0.1, 0.15) is 40.1 Å². The lowest BCUT2D eigenvalue weighted by Crippen LogP contribution is -2.09. The van der Waals surface area contributed by atoms with Gasteiger partial charge in [-0.25, -0.2) is 18.8 Å². The number of fused-ring (bicyclic) bond motifs is 24. The zero-order valence-electron chi connectivity index (χ0n) is 78.7. The number of halogens is 3. The van der Waals surface area contributed by atoms with Crippen molar-refractivity contribution in [2.24, 2.45) is 28.2 Å². The van der Waals surface area contributed by atoms with E-state index in [1.165, 1.54) is 11.8 Å². The number of H-pyrrole nitrogens is 3. The Labute approximate surface area is 838 Å². The van der Waals surface area contributed by atoms with Crippen LogP contribution in [0.25, 0.3) is 98.4 Å². The van der Waals surface area contributed by atoms with Gasteiger partial charge in [0.15, 0.2) is 0 Å². The number of ether oxygens (including phenoxy) is 3. The summed E-state index contributed by atoms with van der Waals surface area (Å²) in [7, 11) is 7.32. The fraction of sp³-hybridized carbons (Fsp3) is 0.292. The molecule has 3 aliphatic rings. The third-order valence-corrected chi connectivity index (χ3v) is 32.5. The van der Waals surface area contributed by atoms with Gasteiger partial charge in [0.25, 0.3) is 0 Å². The average Bonchev–Trinajstić information content (AvgIpc) is 1.59. The van der Waals surface area contributed by atoms with Crippen molar-refractivity contribution in [1.82, 2.24) is 73.6 Å². The quantitative estimate of drug-likeness (QED) is 0.0933. The van der Waals surface area contributed by atoms with E-state index in [4.69, 9.17) is 52.7 Å². The second-order valence-corrected chi connectivity index (χ2v) is 42.7. The van der Waals surface area contributed by atoms with Gasteiger partial charge in [0, 0.05) is 207 Å². The third-order valence-electron chi connectivity index (χ3n) is 25.9. The zero-order valence-corrected chi connectivity index (χ0v) is 85.1. The molecule has 714 valence electrons. The number of aryl methyl sites for hydroxylation is 10. The van der Waals surface area contributed by atoms with E-state index in [0.29, 0.717) is 114 Å². The summed E-state index contributed by atoms with van der Waals surface area (Å²) in [6.45, 7) is 15.7. The maximum Gasteiger partial charge on any atom is 0.352 e. The first-order valence-electron chi connectivity index (χ1n) is 46.2. The number of carbonyl (C=O) groups is 3. The summed E-state index contributed by atoms with van der Waals surface area (Å²) >= 11 is 24.3. The molecule has 0 saturated heterocycles. The monoisotopic (exact) mass is 2010 g/mol. The number of aromatic carboxylic acids is 3. The molecule has 24 nitrogen and oxygen atoms in total. The number of hydrogen-bond donors (Lipinski definition) is 6. The van der Waals surface area contributed by atoms with Crippen LogP contribution in [-0.2, 0) is 99.2 Å². The number of carboxylic acid groups (broad SMARTS) is 3. The van der Waals surface area contributed by atoms with Crippen LogP contribution in [0.3, 0.4) is 0 Å². The molecule has 12 heterocycles. The minimum atomic E-state index is -1.05. The first kappa shape index (κ1) is 96.0. The summed E-state index contributed by atoms with van der Waals surface area (Å²) in [5.41, 5.74) is 21.1. The Bertz CT molecular complexity index is 7530. The Morgan fingerprint density at radius 1 is 0.388 bits per heavy atom. The molecule has 0 unspecified atom stereocenters.